The average Bonchev–Trinajstić information content (AvgIpc) is 3.92. The van der Waals surface area contributed by atoms with Crippen LogP contribution in [0.15, 0.2) is 71.6 Å². The molecule has 14 heteroatoms. The van der Waals surface area contributed by atoms with Crippen molar-refractivity contribution in [1.82, 2.24) is 9.21 Å². The molecule has 282 valence electrons. The lowest BCUT2D eigenvalue weighted by Crippen LogP contribution is -2.51. The summed E-state index contributed by atoms with van der Waals surface area (Å²) in [4.78, 5) is 15.9. The standard InChI is InChI=1S/C39H45N3O10S/c1-25(2)20-41(53(44,45)30-13-14-33-34(18-30)50-24-49-33)21-35-32(17-26-9-11-29(12-10-26)47-22-28-7-5-27(19-40)6-8-28)42(39(3,4)52-35)38(43)51-36-23-48-37-31(36)15-16-46-37/h5-14,18,25,31-32,35-37H,15-17,20-24H2,1-4H3/t31?,32-,35+,36?,37?/m0/s1. The number of sulfonamides is 1. The molecule has 53 heavy (non-hydrogen) atoms. The Morgan fingerprint density at radius 2 is 1.75 bits per heavy atom. The Morgan fingerprint density at radius 3 is 2.49 bits per heavy atom. The van der Waals surface area contributed by atoms with Gasteiger partial charge in [0.1, 0.15) is 24.2 Å². The monoisotopic (exact) mass is 747 g/mol. The quantitative estimate of drug-likeness (QED) is 0.233. The van der Waals surface area contributed by atoms with E-state index < -0.39 is 40.1 Å². The van der Waals surface area contributed by atoms with Crippen LogP contribution in [0.2, 0.25) is 0 Å². The maximum absolute atomic E-state index is 14.3. The SMILES string of the molecule is CC(C)CN(C[C@H]1OC(C)(C)N(C(=O)OC2COC3OCCC23)[C@H]1Cc1ccc(OCc2ccc(C#N)cc2)cc1)S(=O)(=O)c1ccc2c(c1)OCO2. The van der Waals surface area contributed by atoms with Gasteiger partial charge in [-0.1, -0.05) is 38.1 Å². The van der Waals surface area contributed by atoms with Crippen molar-refractivity contribution in [3.63, 3.8) is 0 Å². The Hall–Kier alpha value is -4.39. The minimum Gasteiger partial charge on any atom is -0.489 e. The van der Waals surface area contributed by atoms with E-state index in [2.05, 4.69) is 6.07 Å². The number of carbonyl (C=O) groups excluding carboxylic acids is 1. The van der Waals surface area contributed by atoms with Crippen molar-refractivity contribution in [1.29, 1.82) is 5.26 Å². The number of amides is 1. The molecular formula is C39H45N3O10S. The summed E-state index contributed by atoms with van der Waals surface area (Å²) >= 11 is 0. The van der Waals surface area contributed by atoms with E-state index in [1.807, 2.05) is 50.2 Å². The minimum atomic E-state index is -4.02. The van der Waals surface area contributed by atoms with Crippen LogP contribution >= 0.6 is 0 Å². The summed E-state index contributed by atoms with van der Waals surface area (Å²) in [7, 11) is -4.02. The van der Waals surface area contributed by atoms with Crippen molar-refractivity contribution in [3.8, 4) is 23.3 Å². The fourth-order valence-electron chi connectivity index (χ4n) is 7.41. The zero-order chi connectivity index (χ0) is 37.3. The van der Waals surface area contributed by atoms with Crippen molar-refractivity contribution in [2.75, 3.05) is 33.1 Å². The summed E-state index contributed by atoms with van der Waals surface area (Å²) in [5.41, 5.74) is 1.28. The second kappa shape index (κ2) is 15.2. The topological polar surface area (TPSA) is 146 Å². The molecule has 5 atom stereocenters. The predicted molar refractivity (Wildman–Crippen MR) is 190 cm³/mol. The fourth-order valence-corrected chi connectivity index (χ4v) is 9.04. The predicted octanol–water partition coefficient (Wildman–Crippen LogP) is 5.46. The Labute approximate surface area is 310 Å². The second-order valence-corrected chi connectivity index (χ2v) is 16.6. The van der Waals surface area contributed by atoms with E-state index in [9.17, 15) is 13.2 Å². The average molecular weight is 748 g/mol. The first-order chi connectivity index (χ1) is 25.4. The molecule has 0 aliphatic carbocycles. The normalized spacial score (nSPS) is 24.4. The lowest BCUT2D eigenvalue weighted by molar-refractivity contribution is -0.0911. The number of nitriles is 1. The third kappa shape index (κ3) is 7.95. The van der Waals surface area contributed by atoms with Crippen LogP contribution in [0, 0.1) is 23.2 Å². The van der Waals surface area contributed by atoms with Crippen molar-refractivity contribution in [2.45, 2.75) is 82.3 Å². The molecule has 13 nitrogen and oxygen atoms in total. The van der Waals surface area contributed by atoms with Gasteiger partial charge in [0.15, 0.2) is 17.8 Å². The third-order valence-electron chi connectivity index (χ3n) is 10.0. The Balaban J connectivity index is 1.14. The molecule has 0 N–H and O–H groups in total. The largest absolute Gasteiger partial charge is 0.489 e. The van der Waals surface area contributed by atoms with Crippen LogP contribution in [-0.4, -0.2) is 87.1 Å². The van der Waals surface area contributed by atoms with E-state index >= 15 is 0 Å². The molecule has 0 saturated carbocycles. The van der Waals surface area contributed by atoms with Gasteiger partial charge < -0.3 is 33.2 Å². The number of ether oxygens (including phenoxy) is 7. The van der Waals surface area contributed by atoms with E-state index in [0.717, 1.165) is 17.5 Å². The van der Waals surface area contributed by atoms with Crippen molar-refractivity contribution in [2.24, 2.45) is 11.8 Å². The van der Waals surface area contributed by atoms with E-state index in [-0.39, 0.29) is 49.5 Å². The summed E-state index contributed by atoms with van der Waals surface area (Å²) in [5.74, 6) is 1.46. The molecule has 0 bridgehead atoms. The number of carbonyl (C=O) groups is 1. The molecule has 1 amide bonds. The fraction of sp³-hybridized carbons (Fsp3) is 0.487. The summed E-state index contributed by atoms with van der Waals surface area (Å²) in [6.07, 6.45) is -1.04. The first-order valence-corrected chi connectivity index (χ1v) is 19.4. The number of fused-ring (bicyclic) bond motifs is 2. The molecule has 4 aliphatic heterocycles. The summed E-state index contributed by atoms with van der Waals surface area (Å²) < 4.78 is 71.1. The maximum atomic E-state index is 14.3. The van der Waals surface area contributed by atoms with Crippen LogP contribution in [0.5, 0.6) is 17.2 Å². The molecule has 0 spiro atoms. The number of hydrogen-bond donors (Lipinski definition) is 0. The van der Waals surface area contributed by atoms with Crippen molar-refractivity contribution >= 4 is 16.1 Å². The molecule has 7 rings (SSSR count). The highest BCUT2D eigenvalue weighted by molar-refractivity contribution is 7.89. The number of nitrogens with zero attached hydrogens (tertiary/aromatic N) is 3. The van der Waals surface area contributed by atoms with Gasteiger partial charge in [-0.05, 0) is 80.1 Å². The number of benzene rings is 3. The molecule has 3 aromatic carbocycles. The van der Waals surface area contributed by atoms with Crippen LogP contribution < -0.4 is 14.2 Å². The van der Waals surface area contributed by atoms with E-state index in [0.29, 0.717) is 42.4 Å². The van der Waals surface area contributed by atoms with Gasteiger partial charge in [0, 0.05) is 19.2 Å². The van der Waals surface area contributed by atoms with Gasteiger partial charge in [0.25, 0.3) is 0 Å². The van der Waals surface area contributed by atoms with E-state index in [1.54, 1.807) is 36.9 Å². The summed E-state index contributed by atoms with van der Waals surface area (Å²) in [6.45, 7) is 8.87. The van der Waals surface area contributed by atoms with Gasteiger partial charge in [-0.25, -0.2) is 13.2 Å². The smallest absolute Gasteiger partial charge is 0.412 e. The van der Waals surface area contributed by atoms with E-state index in [1.165, 1.54) is 16.4 Å². The van der Waals surface area contributed by atoms with Crippen LogP contribution in [0.4, 0.5) is 4.79 Å². The van der Waals surface area contributed by atoms with Gasteiger partial charge in [-0.2, -0.15) is 9.57 Å². The Kier molecular flexibility index (Phi) is 10.6. The van der Waals surface area contributed by atoms with Crippen molar-refractivity contribution in [3.05, 3.63) is 83.4 Å². The van der Waals surface area contributed by atoms with Gasteiger partial charge in [0.05, 0.1) is 47.8 Å². The number of hydrogen-bond acceptors (Lipinski definition) is 11. The van der Waals surface area contributed by atoms with Gasteiger partial charge in [0.2, 0.25) is 16.8 Å². The summed E-state index contributed by atoms with van der Waals surface area (Å²) in [5, 5.41) is 9.08. The Morgan fingerprint density at radius 1 is 1.02 bits per heavy atom. The maximum Gasteiger partial charge on any atom is 0.412 e. The van der Waals surface area contributed by atoms with Crippen LogP contribution in [0.3, 0.4) is 0 Å². The first kappa shape index (κ1) is 36.9. The molecular weight excluding hydrogens is 703 g/mol. The lowest BCUT2D eigenvalue weighted by atomic mass is 9.99. The highest BCUT2D eigenvalue weighted by Crippen LogP contribution is 2.40. The number of rotatable bonds is 12. The van der Waals surface area contributed by atoms with Gasteiger partial charge in [-0.3, -0.25) is 4.90 Å². The Bertz CT molecular complexity index is 1930. The summed E-state index contributed by atoms with van der Waals surface area (Å²) in [6, 6.07) is 20.9. The van der Waals surface area contributed by atoms with E-state index in [4.69, 9.17) is 38.4 Å². The first-order valence-electron chi connectivity index (χ1n) is 17.9. The second-order valence-electron chi connectivity index (χ2n) is 14.7. The molecule has 0 aromatic heterocycles. The highest BCUT2D eigenvalue weighted by atomic mass is 32.2. The zero-order valence-electron chi connectivity index (χ0n) is 30.3. The van der Waals surface area contributed by atoms with Crippen molar-refractivity contribution < 1.29 is 46.4 Å². The molecule has 0 radical (unpaired) electrons. The third-order valence-corrected chi connectivity index (χ3v) is 11.8. The lowest BCUT2D eigenvalue weighted by Gasteiger charge is -2.34. The molecule has 3 saturated heterocycles. The molecule has 4 aliphatic rings. The van der Waals surface area contributed by atoms with Crippen LogP contribution in [-0.2, 0) is 42.0 Å². The van der Waals surface area contributed by atoms with Crippen LogP contribution in [0.25, 0.3) is 0 Å². The molecule has 4 heterocycles. The molecule has 3 aromatic rings. The molecule has 3 unspecified atom stereocenters. The minimum absolute atomic E-state index is 0.00603. The van der Waals surface area contributed by atoms with Gasteiger partial charge in [-0.15, -0.1) is 0 Å². The van der Waals surface area contributed by atoms with Crippen LogP contribution in [0.1, 0.15) is 50.8 Å². The zero-order valence-corrected chi connectivity index (χ0v) is 31.1. The van der Waals surface area contributed by atoms with Gasteiger partial charge >= 0.3 is 6.09 Å². The highest BCUT2D eigenvalue weighted by Gasteiger charge is 2.53. The molecule has 3 fully saturated rings.